The number of hydrogen-bond acceptors (Lipinski definition) is 3. The van der Waals surface area contributed by atoms with Gasteiger partial charge in [-0.05, 0) is 32.2 Å². The lowest BCUT2D eigenvalue weighted by Crippen LogP contribution is -2.50. The topological polar surface area (TPSA) is 49.8 Å². The van der Waals surface area contributed by atoms with E-state index in [0.717, 1.165) is 45.3 Å². The average molecular weight is 285 g/mol. The van der Waals surface area contributed by atoms with Gasteiger partial charge in [-0.25, -0.2) is 0 Å². The molecule has 0 aromatic rings. The zero-order chi connectivity index (χ0) is 15.0. The molecule has 0 bridgehead atoms. The molecule has 0 atom stereocenters. The van der Waals surface area contributed by atoms with Crippen LogP contribution in [0.15, 0.2) is 0 Å². The fourth-order valence-corrected chi connectivity index (χ4v) is 3.04. The van der Waals surface area contributed by atoms with E-state index in [4.69, 9.17) is 4.74 Å². The van der Waals surface area contributed by atoms with E-state index in [1.54, 1.807) is 0 Å². The maximum Gasteiger partial charge on any atom is 0.305 e. The molecule has 1 fully saturated rings. The Morgan fingerprint density at radius 3 is 2.45 bits per heavy atom. The van der Waals surface area contributed by atoms with E-state index in [9.17, 15) is 9.90 Å². The highest BCUT2D eigenvalue weighted by atomic mass is 16.5. The molecule has 1 aliphatic rings. The van der Waals surface area contributed by atoms with Crippen molar-refractivity contribution in [3.05, 3.63) is 0 Å². The molecule has 1 rings (SSSR count). The van der Waals surface area contributed by atoms with Gasteiger partial charge in [0.15, 0.2) is 0 Å². The Hall–Kier alpha value is -0.610. The molecule has 0 amide bonds. The minimum Gasteiger partial charge on any atom is -0.481 e. The minimum absolute atomic E-state index is 0.147. The second-order valence-electron chi connectivity index (χ2n) is 6.57. The first kappa shape index (κ1) is 17.4. The van der Waals surface area contributed by atoms with Crippen molar-refractivity contribution in [1.82, 2.24) is 4.90 Å². The molecular weight excluding hydrogens is 254 g/mol. The fourth-order valence-electron chi connectivity index (χ4n) is 3.04. The molecule has 4 nitrogen and oxygen atoms in total. The van der Waals surface area contributed by atoms with Gasteiger partial charge in [0.2, 0.25) is 0 Å². The zero-order valence-electron chi connectivity index (χ0n) is 13.4. The molecule has 0 aromatic heterocycles. The van der Waals surface area contributed by atoms with Gasteiger partial charge in [0.1, 0.15) is 0 Å². The van der Waals surface area contributed by atoms with Crippen LogP contribution in [0, 0.1) is 5.92 Å². The second-order valence-corrected chi connectivity index (χ2v) is 6.57. The molecule has 0 aliphatic heterocycles. The molecule has 20 heavy (non-hydrogen) atoms. The van der Waals surface area contributed by atoms with Crippen LogP contribution in [0.3, 0.4) is 0 Å². The predicted octanol–water partition coefficient (Wildman–Crippen LogP) is 3.16. The summed E-state index contributed by atoms with van der Waals surface area (Å²) in [6.07, 6.45) is 6.88. The van der Waals surface area contributed by atoms with E-state index >= 15 is 0 Å². The number of hydrogen-bond donors (Lipinski definition) is 1. The molecule has 0 heterocycles. The summed E-state index contributed by atoms with van der Waals surface area (Å²) in [6.45, 7) is 6.71. The Morgan fingerprint density at radius 2 is 1.90 bits per heavy atom. The van der Waals surface area contributed by atoms with Gasteiger partial charge in [-0.15, -0.1) is 0 Å². The van der Waals surface area contributed by atoms with Crippen LogP contribution in [0.25, 0.3) is 0 Å². The van der Waals surface area contributed by atoms with E-state index in [2.05, 4.69) is 25.8 Å². The quantitative estimate of drug-likeness (QED) is 0.661. The van der Waals surface area contributed by atoms with Crippen molar-refractivity contribution in [2.24, 2.45) is 5.92 Å². The molecule has 0 aromatic carbocycles. The van der Waals surface area contributed by atoms with Crippen molar-refractivity contribution in [1.29, 1.82) is 0 Å². The number of carboxylic acid groups (broad SMARTS) is 1. The van der Waals surface area contributed by atoms with Crippen LogP contribution in [0.4, 0.5) is 0 Å². The molecule has 0 spiro atoms. The lowest BCUT2D eigenvalue weighted by Gasteiger charge is -2.44. The summed E-state index contributed by atoms with van der Waals surface area (Å²) in [4.78, 5) is 13.4. The number of rotatable bonds is 9. The van der Waals surface area contributed by atoms with E-state index in [1.807, 2.05) is 0 Å². The number of nitrogens with zero attached hydrogens (tertiary/aromatic N) is 1. The van der Waals surface area contributed by atoms with E-state index in [1.165, 1.54) is 6.42 Å². The van der Waals surface area contributed by atoms with Crippen LogP contribution >= 0.6 is 0 Å². The van der Waals surface area contributed by atoms with Crippen LogP contribution in [0.2, 0.25) is 0 Å². The minimum atomic E-state index is -0.681. The van der Waals surface area contributed by atoms with E-state index in [-0.39, 0.29) is 12.0 Å². The Morgan fingerprint density at radius 1 is 1.25 bits per heavy atom. The summed E-state index contributed by atoms with van der Waals surface area (Å²) in [5.41, 5.74) is -0.147. The van der Waals surface area contributed by atoms with Gasteiger partial charge in [0, 0.05) is 18.7 Å². The maximum absolute atomic E-state index is 11.2. The summed E-state index contributed by atoms with van der Waals surface area (Å²) < 4.78 is 5.67. The molecule has 1 N–H and O–H groups in total. The SMILES string of the molecule is CC(C)CCOCCN(C)C1(CC(=O)O)CCCCC1. The average Bonchev–Trinajstić information content (AvgIpc) is 2.38. The van der Waals surface area contributed by atoms with Crippen molar-refractivity contribution in [3.63, 3.8) is 0 Å². The van der Waals surface area contributed by atoms with Gasteiger partial charge in [-0.2, -0.15) is 0 Å². The van der Waals surface area contributed by atoms with Crippen LogP contribution in [-0.4, -0.2) is 48.3 Å². The van der Waals surface area contributed by atoms with Crippen LogP contribution in [-0.2, 0) is 9.53 Å². The lowest BCUT2D eigenvalue weighted by atomic mass is 9.78. The fraction of sp³-hybridized carbons (Fsp3) is 0.938. The van der Waals surface area contributed by atoms with Crippen molar-refractivity contribution in [2.75, 3.05) is 26.8 Å². The molecule has 118 valence electrons. The first-order valence-electron chi connectivity index (χ1n) is 7.97. The van der Waals surface area contributed by atoms with Gasteiger partial charge in [0.25, 0.3) is 0 Å². The maximum atomic E-state index is 11.2. The predicted molar refractivity (Wildman–Crippen MR) is 81.0 cm³/mol. The van der Waals surface area contributed by atoms with Gasteiger partial charge in [-0.3, -0.25) is 9.69 Å². The molecule has 4 heteroatoms. The van der Waals surface area contributed by atoms with Crippen molar-refractivity contribution < 1.29 is 14.6 Å². The third-order valence-corrected chi connectivity index (χ3v) is 4.48. The van der Waals surface area contributed by atoms with Gasteiger partial charge < -0.3 is 9.84 Å². The number of likely N-dealkylation sites (N-methyl/N-ethyl adjacent to an activating group) is 1. The van der Waals surface area contributed by atoms with E-state index in [0.29, 0.717) is 12.5 Å². The summed E-state index contributed by atoms with van der Waals surface area (Å²) in [7, 11) is 2.06. The van der Waals surface area contributed by atoms with Crippen LogP contribution < -0.4 is 0 Å². The molecule has 0 saturated heterocycles. The first-order valence-corrected chi connectivity index (χ1v) is 7.97. The zero-order valence-corrected chi connectivity index (χ0v) is 13.4. The van der Waals surface area contributed by atoms with Crippen molar-refractivity contribution >= 4 is 5.97 Å². The Balaban J connectivity index is 2.39. The third kappa shape index (κ3) is 5.80. The monoisotopic (exact) mass is 285 g/mol. The summed E-state index contributed by atoms with van der Waals surface area (Å²) in [5.74, 6) is -0.0103. The van der Waals surface area contributed by atoms with Crippen LogP contribution in [0.5, 0.6) is 0 Å². The first-order chi connectivity index (χ1) is 9.46. The Labute approximate surface area is 123 Å². The van der Waals surface area contributed by atoms with Crippen LogP contribution in [0.1, 0.15) is 58.8 Å². The van der Waals surface area contributed by atoms with Gasteiger partial charge in [0.05, 0.1) is 13.0 Å². The molecular formula is C16H31NO3. The normalized spacial score (nSPS) is 18.6. The summed E-state index contributed by atoms with van der Waals surface area (Å²) in [5, 5.41) is 9.19. The van der Waals surface area contributed by atoms with Crippen molar-refractivity contribution in [3.8, 4) is 0 Å². The number of ether oxygens (including phenoxy) is 1. The Kier molecular flexibility index (Phi) is 7.52. The van der Waals surface area contributed by atoms with E-state index < -0.39 is 5.97 Å². The molecule has 0 radical (unpaired) electrons. The smallest absolute Gasteiger partial charge is 0.305 e. The van der Waals surface area contributed by atoms with Gasteiger partial charge >= 0.3 is 5.97 Å². The largest absolute Gasteiger partial charge is 0.481 e. The highest BCUT2D eigenvalue weighted by molar-refractivity contribution is 5.68. The standard InChI is InChI=1S/C16H31NO3/c1-14(2)7-11-20-12-10-17(3)16(13-15(18)19)8-5-4-6-9-16/h14H,4-13H2,1-3H3,(H,18,19). The number of carboxylic acids is 1. The second kappa shape index (κ2) is 8.63. The third-order valence-electron chi connectivity index (χ3n) is 4.48. The van der Waals surface area contributed by atoms with Gasteiger partial charge in [-0.1, -0.05) is 33.1 Å². The molecule has 0 unspecified atom stereocenters. The number of carbonyl (C=O) groups is 1. The summed E-state index contributed by atoms with van der Waals surface area (Å²) in [6, 6.07) is 0. The summed E-state index contributed by atoms with van der Waals surface area (Å²) >= 11 is 0. The number of aliphatic carboxylic acids is 1. The molecule has 1 saturated carbocycles. The lowest BCUT2D eigenvalue weighted by molar-refractivity contribution is -0.141. The molecule has 1 aliphatic carbocycles. The highest BCUT2D eigenvalue weighted by Crippen LogP contribution is 2.35. The highest BCUT2D eigenvalue weighted by Gasteiger charge is 2.37. The Bertz CT molecular complexity index is 285. The van der Waals surface area contributed by atoms with Crippen molar-refractivity contribution in [2.45, 2.75) is 64.3 Å².